The van der Waals surface area contributed by atoms with Crippen molar-refractivity contribution in [3.63, 3.8) is 0 Å². The normalized spacial score (nSPS) is 11.0. The van der Waals surface area contributed by atoms with Crippen molar-refractivity contribution in [1.29, 1.82) is 0 Å². The Morgan fingerprint density at radius 1 is 1.20 bits per heavy atom. The Balaban J connectivity index is 2.80. The molecule has 0 saturated carbocycles. The van der Waals surface area contributed by atoms with Gasteiger partial charge in [0.15, 0.2) is 8.83 Å². The molecule has 0 aliphatic rings. The Morgan fingerprint density at radius 2 is 1.80 bits per heavy atom. The molecular formula is C7H8Cl2Si. The summed E-state index contributed by atoms with van der Waals surface area (Å²) < 4.78 is 0. The molecule has 0 unspecified atom stereocenters. The van der Waals surface area contributed by atoms with Crippen LogP contribution in [0.4, 0.5) is 0 Å². The van der Waals surface area contributed by atoms with E-state index in [9.17, 15) is 0 Å². The molecule has 0 aromatic heterocycles. The lowest BCUT2D eigenvalue weighted by Crippen LogP contribution is -2.06. The molecule has 0 saturated heterocycles. The van der Waals surface area contributed by atoms with Gasteiger partial charge in [0.1, 0.15) is 0 Å². The minimum absolute atomic E-state index is 0.503. The van der Waals surface area contributed by atoms with E-state index in [1.54, 1.807) is 0 Å². The zero-order valence-electron chi connectivity index (χ0n) is 5.48. The molecule has 54 valence electrons. The van der Waals surface area contributed by atoms with Gasteiger partial charge < -0.3 is 0 Å². The summed E-state index contributed by atoms with van der Waals surface area (Å²) in [6, 6.07) is 8.16. The topological polar surface area (TPSA) is 0 Å². The van der Waals surface area contributed by atoms with Gasteiger partial charge in [-0.3, -0.25) is 0 Å². The number of hydrogen-bond acceptors (Lipinski definition) is 0. The van der Waals surface area contributed by atoms with Crippen molar-refractivity contribution in [1.82, 2.24) is 0 Å². The first-order valence-electron chi connectivity index (χ1n) is 3.06. The third kappa shape index (κ3) is 2.01. The Morgan fingerprint density at radius 3 is 2.20 bits per heavy atom. The highest BCUT2D eigenvalue weighted by molar-refractivity contribution is 7.01. The van der Waals surface area contributed by atoms with Crippen LogP contribution in [0.1, 0.15) is 5.56 Å². The van der Waals surface area contributed by atoms with Crippen LogP contribution in [0, 0.1) is 0 Å². The van der Waals surface area contributed by atoms with Crippen molar-refractivity contribution in [3.8, 4) is 0 Å². The lowest BCUT2D eigenvalue weighted by Gasteiger charge is -1.95. The van der Waals surface area contributed by atoms with Gasteiger partial charge in [0, 0.05) is 5.88 Å². The van der Waals surface area contributed by atoms with E-state index in [2.05, 4.69) is 12.1 Å². The first-order valence-corrected chi connectivity index (χ1v) is 6.44. The maximum atomic E-state index is 5.73. The number of benzene rings is 1. The molecule has 0 heterocycles. The summed E-state index contributed by atoms with van der Waals surface area (Å²) in [6.45, 7) is 0. The molecule has 0 amide bonds. The largest absolute Gasteiger partial charge is 0.170 e. The Kier molecular flexibility index (Phi) is 3.26. The number of rotatable bonds is 2. The molecule has 0 atom stereocenters. The highest BCUT2D eigenvalue weighted by atomic mass is 35.6. The average molecular weight is 191 g/mol. The Labute approximate surface area is 72.7 Å². The van der Waals surface area contributed by atoms with Crippen molar-refractivity contribution in [2.75, 3.05) is 0 Å². The fourth-order valence-corrected chi connectivity index (χ4v) is 1.84. The molecule has 3 heteroatoms. The molecule has 1 aromatic rings. The van der Waals surface area contributed by atoms with E-state index in [1.807, 2.05) is 12.1 Å². The second kappa shape index (κ2) is 4.01. The third-order valence-electron chi connectivity index (χ3n) is 1.33. The van der Waals surface area contributed by atoms with Crippen LogP contribution in [0.2, 0.25) is 0 Å². The Hall–Kier alpha value is 0.0169. The van der Waals surface area contributed by atoms with Gasteiger partial charge in [-0.2, -0.15) is 11.1 Å². The minimum Gasteiger partial charge on any atom is -0.170 e. The highest BCUT2D eigenvalue weighted by Gasteiger charge is 1.90. The molecule has 10 heavy (non-hydrogen) atoms. The van der Waals surface area contributed by atoms with Crippen LogP contribution in [-0.2, 0) is 5.88 Å². The summed E-state index contributed by atoms with van der Waals surface area (Å²) >= 11 is 11.3. The molecule has 1 rings (SSSR count). The van der Waals surface area contributed by atoms with Crippen molar-refractivity contribution < 1.29 is 0 Å². The maximum absolute atomic E-state index is 5.73. The van der Waals surface area contributed by atoms with E-state index in [4.69, 9.17) is 22.7 Å². The lowest BCUT2D eigenvalue weighted by molar-refractivity contribution is 1.41. The molecular weight excluding hydrogens is 183 g/mol. The second-order valence-corrected chi connectivity index (χ2v) is 4.24. The molecule has 0 bridgehead atoms. The number of halogens is 2. The van der Waals surface area contributed by atoms with Gasteiger partial charge in [-0.25, -0.2) is 0 Å². The predicted molar refractivity (Wildman–Crippen MR) is 50.0 cm³/mol. The lowest BCUT2D eigenvalue weighted by atomic mass is 10.2. The fourth-order valence-electron chi connectivity index (χ4n) is 0.717. The van der Waals surface area contributed by atoms with Crippen molar-refractivity contribution in [2.24, 2.45) is 0 Å². The van der Waals surface area contributed by atoms with Crippen LogP contribution >= 0.6 is 22.7 Å². The second-order valence-electron chi connectivity index (χ2n) is 2.08. The first-order chi connectivity index (χ1) is 4.86. The van der Waals surface area contributed by atoms with Crippen LogP contribution in [0.5, 0.6) is 0 Å². The molecule has 0 N–H and O–H groups in total. The maximum Gasteiger partial charge on any atom is 0.155 e. The van der Waals surface area contributed by atoms with E-state index >= 15 is 0 Å². The highest BCUT2D eigenvalue weighted by Crippen LogP contribution is 2.00. The fraction of sp³-hybridized carbons (Fsp3) is 0.143. The summed E-state index contributed by atoms with van der Waals surface area (Å²) in [6.07, 6.45) is 0. The number of alkyl halides is 1. The monoisotopic (exact) mass is 190 g/mol. The van der Waals surface area contributed by atoms with E-state index in [-0.39, 0.29) is 0 Å². The van der Waals surface area contributed by atoms with Crippen molar-refractivity contribution in [2.45, 2.75) is 5.88 Å². The number of hydrogen-bond donors (Lipinski definition) is 0. The van der Waals surface area contributed by atoms with Gasteiger partial charge >= 0.3 is 0 Å². The van der Waals surface area contributed by atoms with Crippen molar-refractivity contribution >= 4 is 36.7 Å². The van der Waals surface area contributed by atoms with Gasteiger partial charge in [-0.05, 0) is 10.8 Å². The quantitative estimate of drug-likeness (QED) is 0.376. The summed E-state index contributed by atoms with van der Waals surface area (Å²) in [7, 11) is -0.503. The summed E-state index contributed by atoms with van der Waals surface area (Å²) in [5.41, 5.74) is 1.16. The summed E-state index contributed by atoms with van der Waals surface area (Å²) in [4.78, 5) is 0. The molecule has 0 fully saturated rings. The van der Waals surface area contributed by atoms with Gasteiger partial charge in [-0.1, -0.05) is 24.3 Å². The molecule has 0 aliphatic heterocycles. The van der Waals surface area contributed by atoms with Gasteiger partial charge in [-0.15, -0.1) is 11.6 Å². The SMILES string of the molecule is ClCc1ccc([SiH2]Cl)cc1. The zero-order chi connectivity index (χ0) is 7.40. The van der Waals surface area contributed by atoms with E-state index < -0.39 is 8.83 Å². The predicted octanol–water partition coefficient (Wildman–Crippen LogP) is 1.37. The van der Waals surface area contributed by atoms with E-state index in [1.165, 1.54) is 5.19 Å². The first kappa shape index (κ1) is 8.12. The third-order valence-corrected chi connectivity index (χ3v) is 3.35. The average Bonchev–Trinajstić information content (AvgIpc) is 2.05. The van der Waals surface area contributed by atoms with E-state index in [0.717, 1.165) is 5.56 Å². The van der Waals surface area contributed by atoms with Crippen LogP contribution < -0.4 is 5.19 Å². The molecule has 0 radical (unpaired) electrons. The smallest absolute Gasteiger partial charge is 0.155 e. The standard InChI is InChI=1S/C7H8Cl2Si/c8-5-6-1-3-7(10-9)4-2-6/h1-4H,5,10H2. The van der Waals surface area contributed by atoms with Crippen LogP contribution in [0.15, 0.2) is 24.3 Å². The summed E-state index contributed by atoms with van der Waals surface area (Å²) in [5.74, 6) is 0.587. The van der Waals surface area contributed by atoms with E-state index in [0.29, 0.717) is 5.88 Å². The van der Waals surface area contributed by atoms with Gasteiger partial charge in [0.2, 0.25) is 0 Å². The molecule has 0 nitrogen and oxygen atoms in total. The minimum atomic E-state index is -0.503. The zero-order valence-corrected chi connectivity index (χ0v) is 8.41. The van der Waals surface area contributed by atoms with Crippen LogP contribution in [-0.4, -0.2) is 8.83 Å². The Bertz CT molecular complexity index is 172. The molecule has 1 aromatic carbocycles. The van der Waals surface area contributed by atoms with Crippen molar-refractivity contribution in [3.05, 3.63) is 29.8 Å². The van der Waals surface area contributed by atoms with Gasteiger partial charge in [0.05, 0.1) is 0 Å². The van der Waals surface area contributed by atoms with Crippen LogP contribution in [0.25, 0.3) is 0 Å². The molecule has 0 aliphatic carbocycles. The molecule has 0 spiro atoms. The summed E-state index contributed by atoms with van der Waals surface area (Å²) in [5, 5.41) is 1.27. The van der Waals surface area contributed by atoms with Crippen LogP contribution in [0.3, 0.4) is 0 Å². The van der Waals surface area contributed by atoms with Gasteiger partial charge in [0.25, 0.3) is 0 Å².